The molecule has 6 nitrogen and oxygen atoms in total. The molecule has 6 heteroatoms. The average Bonchev–Trinajstić information content (AvgIpc) is 3.22. The lowest BCUT2D eigenvalue weighted by Gasteiger charge is -2.36. The van der Waals surface area contributed by atoms with E-state index in [0.717, 1.165) is 31.0 Å². The van der Waals surface area contributed by atoms with Crippen LogP contribution >= 0.6 is 0 Å². The maximum Gasteiger partial charge on any atom is 0.274 e. The third kappa shape index (κ3) is 2.49. The van der Waals surface area contributed by atoms with E-state index in [-0.39, 0.29) is 0 Å². The van der Waals surface area contributed by atoms with Crippen LogP contribution in [0, 0.1) is 6.92 Å². The van der Waals surface area contributed by atoms with E-state index >= 15 is 0 Å². The molecule has 2 atom stereocenters. The van der Waals surface area contributed by atoms with Gasteiger partial charge >= 0.3 is 0 Å². The van der Waals surface area contributed by atoms with E-state index in [2.05, 4.69) is 27.8 Å². The standard InChI is InChI=1S/C18H20N4O2/c1-12-6-7-19-17(8-12)22-11-15-9-16(22)10-21(15)14-4-2-13(3-5-14)18(23)20-24/h2-8,15-16,24H,9-11H2,1H3,(H,20,23)/t15-,16-/m0/s1. The van der Waals surface area contributed by atoms with Gasteiger partial charge in [-0.15, -0.1) is 0 Å². The molecule has 0 saturated carbocycles. The summed E-state index contributed by atoms with van der Waals surface area (Å²) in [5, 5.41) is 8.69. The molecule has 124 valence electrons. The summed E-state index contributed by atoms with van der Waals surface area (Å²) in [5.74, 6) is 0.582. The number of nitrogens with one attached hydrogen (secondary N) is 1. The minimum atomic E-state index is -0.485. The van der Waals surface area contributed by atoms with Crippen molar-refractivity contribution >= 4 is 17.4 Å². The number of benzene rings is 1. The normalized spacial score (nSPS) is 22.1. The van der Waals surface area contributed by atoms with Crippen molar-refractivity contribution in [1.82, 2.24) is 10.5 Å². The van der Waals surface area contributed by atoms with Gasteiger partial charge in [-0.3, -0.25) is 10.0 Å². The molecule has 1 aromatic carbocycles. The van der Waals surface area contributed by atoms with Gasteiger partial charge in [0.05, 0.1) is 6.04 Å². The summed E-state index contributed by atoms with van der Waals surface area (Å²) in [6.07, 6.45) is 3.01. The van der Waals surface area contributed by atoms with Crippen molar-refractivity contribution < 1.29 is 10.0 Å². The molecule has 1 aromatic heterocycles. The molecular weight excluding hydrogens is 304 g/mol. The number of aryl methyl sites for hydroxylation is 1. The monoisotopic (exact) mass is 324 g/mol. The number of piperazine rings is 1. The number of anilines is 2. The summed E-state index contributed by atoms with van der Waals surface area (Å²) in [6.45, 7) is 4.03. The summed E-state index contributed by atoms with van der Waals surface area (Å²) in [4.78, 5) is 20.7. The Hall–Kier alpha value is -2.60. The third-order valence-electron chi connectivity index (χ3n) is 5.00. The third-order valence-corrected chi connectivity index (χ3v) is 5.00. The highest BCUT2D eigenvalue weighted by molar-refractivity contribution is 5.93. The van der Waals surface area contributed by atoms with E-state index < -0.39 is 5.91 Å². The first-order valence-electron chi connectivity index (χ1n) is 8.16. The number of aromatic nitrogens is 1. The summed E-state index contributed by atoms with van der Waals surface area (Å²) in [7, 11) is 0. The Bertz CT molecular complexity index is 762. The Kier molecular flexibility index (Phi) is 3.61. The number of nitrogens with zero attached hydrogens (tertiary/aromatic N) is 3. The summed E-state index contributed by atoms with van der Waals surface area (Å²) in [5.41, 5.74) is 4.47. The van der Waals surface area contributed by atoms with E-state index in [1.54, 1.807) is 17.6 Å². The van der Waals surface area contributed by atoms with Gasteiger partial charge in [0.1, 0.15) is 5.82 Å². The predicted octanol–water partition coefficient (Wildman–Crippen LogP) is 1.98. The first kappa shape index (κ1) is 15.0. The Morgan fingerprint density at radius 3 is 2.50 bits per heavy atom. The first-order valence-corrected chi connectivity index (χ1v) is 8.16. The van der Waals surface area contributed by atoms with E-state index in [9.17, 15) is 4.79 Å². The smallest absolute Gasteiger partial charge is 0.274 e. The largest absolute Gasteiger partial charge is 0.365 e. The average molecular weight is 324 g/mol. The molecule has 2 bridgehead atoms. The van der Waals surface area contributed by atoms with Gasteiger partial charge in [-0.1, -0.05) is 0 Å². The first-order chi connectivity index (χ1) is 11.7. The Labute approximate surface area is 140 Å². The number of pyridine rings is 1. The maximum atomic E-state index is 11.4. The van der Waals surface area contributed by atoms with Gasteiger partial charge in [0.2, 0.25) is 0 Å². The lowest BCUT2D eigenvalue weighted by molar-refractivity contribution is 0.0706. The minimum Gasteiger partial charge on any atom is -0.365 e. The van der Waals surface area contributed by atoms with Gasteiger partial charge in [0.25, 0.3) is 5.91 Å². The highest BCUT2D eigenvalue weighted by Gasteiger charge is 2.43. The second kappa shape index (κ2) is 5.79. The quantitative estimate of drug-likeness (QED) is 0.667. The molecule has 0 unspecified atom stereocenters. The zero-order chi connectivity index (χ0) is 16.7. The van der Waals surface area contributed by atoms with E-state index in [1.165, 1.54) is 5.56 Å². The van der Waals surface area contributed by atoms with Crippen LogP contribution in [0.25, 0.3) is 0 Å². The summed E-state index contributed by atoms with van der Waals surface area (Å²) >= 11 is 0. The number of hydrogen-bond acceptors (Lipinski definition) is 5. The van der Waals surface area contributed by atoms with Gasteiger partial charge in [-0.25, -0.2) is 10.5 Å². The van der Waals surface area contributed by atoms with Crippen molar-refractivity contribution in [1.29, 1.82) is 0 Å². The topological polar surface area (TPSA) is 68.7 Å². The number of fused-ring (bicyclic) bond motifs is 2. The summed E-state index contributed by atoms with van der Waals surface area (Å²) in [6, 6.07) is 12.5. The van der Waals surface area contributed by atoms with Crippen LogP contribution in [0.4, 0.5) is 11.5 Å². The molecule has 3 heterocycles. The van der Waals surface area contributed by atoms with Crippen molar-refractivity contribution in [3.05, 3.63) is 53.7 Å². The zero-order valence-electron chi connectivity index (χ0n) is 13.5. The summed E-state index contributed by atoms with van der Waals surface area (Å²) < 4.78 is 0. The molecule has 2 aromatic rings. The molecule has 2 N–H and O–H groups in total. The Balaban J connectivity index is 1.49. The number of rotatable bonds is 3. The van der Waals surface area contributed by atoms with Crippen LogP contribution in [0.3, 0.4) is 0 Å². The van der Waals surface area contributed by atoms with Crippen LogP contribution in [0.5, 0.6) is 0 Å². The van der Waals surface area contributed by atoms with Crippen LogP contribution < -0.4 is 15.3 Å². The van der Waals surface area contributed by atoms with Crippen LogP contribution in [0.1, 0.15) is 22.3 Å². The van der Waals surface area contributed by atoms with Gasteiger partial charge in [0, 0.05) is 36.6 Å². The van der Waals surface area contributed by atoms with Crippen molar-refractivity contribution in [2.45, 2.75) is 25.4 Å². The van der Waals surface area contributed by atoms with Crippen LogP contribution in [0.15, 0.2) is 42.6 Å². The van der Waals surface area contributed by atoms with E-state index in [1.807, 2.05) is 24.4 Å². The number of hydroxylamine groups is 1. The lowest BCUT2D eigenvalue weighted by Crippen LogP contribution is -2.46. The molecular formula is C18H20N4O2. The number of carbonyl (C=O) groups excluding carboxylic acids is 1. The van der Waals surface area contributed by atoms with Gasteiger partial charge in [-0.2, -0.15) is 0 Å². The minimum absolute atomic E-state index is 0.455. The Morgan fingerprint density at radius 2 is 1.88 bits per heavy atom. The molecule has 2 aliphatic heterocycles. The van der Waals surface area contributed by atoms with E-state index in [0.29, 0.717) is 17.6 Å². The second-order valence-corrected chi connectivity index (χ2v) is 6.53. The number of hydrogen-bond donors (Lipinski definition) is 2. The fraction of sp³-hybridized carbons (Fsp3) is 0.333. The van der Waals surface area contributed by atoms with Crippen molar-refractivity contribution in [3.63, 3.8) is 0 Å². The van der Waals surface area contributed by atoms with Crippen molar-refractivity contribution in [2.75, 3.05) is 22.9 Å². The van der Waals surface area contributed by atoms with Crippen LogP contribution in [-0.2, 0) is 0 Å². The molecule has 24 heavy (non-hydrogen) atoms. The lowest BCUT2D eigenvalue weighted by atomic mass is 10.1. The molecule has 1 amide bonds. The van der Waals surface area contributed by atoms with Crippen molar-refractivity contribution in [2.24, 2.45) is 0 Å². The molecule has 0 radical (unpaired) electrons. The van der Waals surface area contributed by atoms with Crippen molar-refractivity contribution in [3.8, 4) is 0 Å². The Morgan fingerprint density at radius 1 is 1.17 bits per heavy atom. The highest BCUT2D eigenvalue weighted by atomic mass is 16.5. The number of carbonyl (C=O) groups is 1. The van der Waals surface area contributed by atoms with Gasteiger partial charge in [-0.05, 0) is 55.3 Å². The number of amides is 1. The highest BCUT2D eigenvalue weighted by Crippen LogP contribution is 2.36. The molecule has 0 aliphatic carbocycles. The maximum absolute atomic E-state index is 11.4. The predicted molar refractivity (Wildman–Crippen MR) is 91.6 cm³/mol. The van der Waals surface area contributed by atoms with Gasteiger partial charge < -0.3 is 9.80 Å². The SMILES string of the molecule is Cc1ccnc(N2C[C@@H]3C[C@H]2CN3c2ccc(C(=O)NO)cc2)c1. The molecule has 2 saturated heterocycles. The molecule has 4 rings (SSSR count). The fourth-order valence-electron chi connectivity index (χ4n) is 3.81. The zero-order valence-corrected chi connectivity index (χ0v) is 13.5. The van der Waals surface area contributed by atoms with E-state index in [4.69, 9.17) is 5.21 Å². The van der Waals surface area contributed by atoms with Crippen LogP contribution in [0.2, 0.25) is 0 Å². The fourth-order valence-corrected chi connectivity index (χ4v) is 3.81. The second-order valence-electron chi connectivity index (χ2n) is 6.53. The van der Waals surface area contributed by atoms with Gasteiger partial charge in [0.15, 0.2) is 0 Å². The van der Waals surface area contributed by atoms with Crippen LogP contribution in [-0.4, -0.2) is 41.3 Å². The molecule has 2 aliphatic rings. The molecule has 2 fully saturated rings. The molecule has 0 spiro atoms.